The maximum Gasteiger partial charge on any atom is 0.323 e. The van der Waals surface area contributed by atoms with E-state index in [-0.39, 0.29) is 36.8 Å². The van der Waals surface area contributed by atoms with E-state index in [1.165, 1.54) is 17.0 Å². The molecule has 0 aliphatic heterocycles. The van der Waals surface area contributed by atoms with Crippen molar-refractivity contribution in [2.75, 3.05) is 11.9 Å². The average Bonchev–Trinajstić information content (AvgIpc) is 2.92. The molecule has 0 spiro atoms. The summed E-state index contributed by atoms with van der Waals surface area (Å²) in [5, 5.41) is 23.1. The normalized spacial score (nSPS) is 21.2. The van der Waals surface area contributed by atoms with E-state index in [1.807, 2.05) is 31.2 Å². The van der Waals surface area contributed by atoms with Crippen LogP contribution < -0.4 is 5.32 Å². The van der Waals surface area contributed by atoms with E-state index in [0.717, 1.165) is 11.1 Å². The second-order valence-corrected chi connectivity index (χ2v) is 8.25. The van der Waals surface area contributed by atoms with Gasteiger partial charge >= 0.3 is 5.97 Å². The summed E-state index contributed by atoms with van der Waals surface area (Å²) in [5.41, 5.74) is 2.68. The number of nitrogens with one attached hydrogen (secondary N) is 1. The van der Waals surface area contributed by atoms with E-state index in [0.29, 0.717) is 31.4 Å². The molecule has 1 fully saturated rings. The molecule has 0 radical (unpaired) electrons. The summed E-state index contributed by atoms with van der Waals surface area (Å²) >= 11 is 0. The van der Waals surface area contributed by atoms with E-state index in [4.69, 9.17) is 0 Å². The summed E-state index contributed by atoms with van der Waals surface area (Å²) < 4.78 is 13.1. The first kappa shape index (κ1) is 22.7. The van der Waals surface area contributed by atoms with Gasteiger partial charge < -0.3 is 20.4 Å². The first-order chi connectivity index (χ1) is 14.8. The van der Waals surface area contributed by atoms with Crippen LogP contribution in [0, 0.1) is 18.7 Å². The van der Waals surface area contributed by atoms with E-state index in [9.17, 15) is 24.2 Å². The van der Waals surface area contributed by atoms with Crippen LogP contribution in [-0.2, 0) is 16.1 Å². The molecule has 2 aromatic carbocycles. The van der Waals surface area contributed by atoms with Gasteiger partial charge in [-0.3, -0.25) is 9.59 Å². The lowest BCUT2D eigenvalue weighted by Gasteiger charge is -2.26. The molecule has 1 amide bonds. The number of hydrogen-bond acceptors (Lipinski definition) is 4. The van der Waals surface area contributed by atoms with Crippen LogP contribution in [0.25, 0.3) is 0 Å². The molecule has 2 aromatic rings. The van der Waals surface area contributed by atoms with Crippen LogP contribution in [0.5, 0.6) is 0 Å². The van der Waals surface area contributed by atoms with Gasteiger partial charge in [0.1, 0.15) is 12.4 Å². The van der Waals surface area contributed by atoms with Gasteiger partial charge in [-0.1, -0.05) is 29.8 Å². The number of carboxylic acids is 1. The monoisotopic (exact) mass is 428 g/mol. The second-order valence-electron chi connectivity index (χ2n) is 8.25. The first-order valence-corrected chi connectivity index (χ1v) is 10.6. The Hall–Kier alpha value is -2.93. The standard InChI is InChI=1S/C24H29FN2O4/c1-16-2-4-17(5-3-16)14-27(15-23(29)30)24(31)18-6-12-21(22(28)13-7-18)26-20-10-8-19(25)9-11-20/h2-5,8-11,18,21-22,26,28H,6-7,12-15H2,1H3,(H,29,30)/t18-,21+,22+/m1/s1. The van der Waals surface area contributed by atoms with Gasteiger partial charge in [-0.05, 0) is 62.4 Å². The topological polar surface area (TPSA) is 89.9 Å². The third-order valence-electron chi connectivity index (χ3n) is 5.78. The van der Waals surface area contributed by atoms with Crippen LogP contribution in [0.1, 0.15) is 36.8 Å². The molecule has 0 aromatic heterocycles. The summed E-state index contributed by atoms with van der Waals surface area (Å²) in [4.78, 5) is 25.9. The molecule has 0 heterocycles. The molecule has 31 heavy (non-hydrogen) atoms. The lowest BCUT2D eigenvalue weighted by atomic mass is 9.98. The van der Waals surface area contributed by atoms with Gasteiger partial charge in [-0.25, -0.2) is 4.39 Å². The molecular formula is C24H29FN2O4. The highest BCUT2D eigenvalue weighted by Gasteiger charge is 2.32. The van der Waals surface area contributed by atoms with Gasteiger partial charge in [-0.2, -0.15) is 0 Å². The van der Waals surface area contributed by atoms with Crippen molar-refractivity contribution in [2.24, 2.45) is 5.92 Å². The SMILES string of the molecule is Cc1ccc(CN(CC(=O)O)C(=O)[C@@H]2CC[C@H](Nc3ccc(F)cc3)[C@@H](O)CC2)cc1. The number of anilines is 1. The number of aliphatic hydroxyl groups is 1. The molecule has 3 rings (SSSR count). The zero-order chi connectivity index (χ0) is 22.4. The third-order valence-corrected chi connectivity index (χ3v) is 5.78. The Morgan fingerprint density at radius 1 is 1.03 bits per heavy atom. The molecule has 1 aliphatic rings. The van der Waals surface area contributed by atoms with E-state index < -0.39 is 12.1 Å². The molecule has 0 saturated heterocycles. The fourth-order valence-corrected chi connectivity index (χ4v) is 4.01. The Morgan fingerprint density at radius 2 is 1.68 bits per heavy atom. The minimum atomic E-state index is -1.05. The largest absolute Gasteiger partial charge is 0.480 e. The number of benzene rings is 2. The third kappa shape index (κ3) is 6.52. The predicted molar refractivity (Wildman–Crippen MR) is 116 cm³/mol. The molecule has 0 unspecified atom stereocenters. The van der Waals surface area contributed by atoms with Gasteiger partial charge in [0.15, 0.2) is 0 Å². The number of nitrogens with zero attached hydrogens (tertiary/aromatic N) is 1. The van der Waals surface area contributed by atoms with Gasteiger partial charge in [0.2, 0.25) is 5.91 Å². The molecular weight excluding hydrogens is 399 g/mol. The molecule has 1 aliphatic carbocycles. The van der Waals surface area contributed by atoms with Gasteiger partial charge in [0.25, 0.3) is 0 Å². The number of rotatable bonds is 7. The number of aliphatic carboxylic acids is 1. The Morgan fingerprint density at radius 3 is 2.32 bits per heavy atom. The fourth-order valence-electron chi connectivity index (χ4n) is 4.01. The number of hydrogen-bond donors (Lipinski definition) is 3. The smallest absolute Gasteiger partial charge is 0.323 e. The van der Waals surface area contributed by atoms with E-state index in [1.54, 1.807) is 12.1 Å². The van der Waals surface area contributed by atoms with Crippen molar-refractivity contribution in [3.63, 3.8) is 0 Å². The first-order valence-electron chi connectivity index (χ1n) is 10.6. The van der Waals surface area contributed by atoms with E-state index in [2.05, 4.69) is 5.32 Å². The van der Waals surface area contributed by atoms with Crippen molar-refractivity contribution in [2.45, 2.75) is 51.3 Å². The second kappa shape index (κ2) is 10.4. The van der Waals surface area contributed by atoms with Gasteiger partial charge in [-0.15, -0.1) is 0 Å². The number of carbonyl (C=O) groups excluding carboxylic acids is 1. The zero-order valence-corrected chi connectivity index (χ0v) is 17.6. The lowest BCUT2D eigenvalue weighted by molar-refractivity contribution is -0.147. The maximum absolute atomic E-state index is 13.2. The molecule has 7 heteroatoms. The number of carbonyl (C=O) groups is 2. The van der Waals surface area contributed by atoms with Crippen molar-refractivity contribution in [3.8, 4) is 0 Å². The number of halogens is 1. The number of carboxylic acid groups (broad SMARTS) is 1. The van der Waals surface area contributed by atoms with Gasteiger partial charge in [0.05, 0.1) is 12.1 Å². The zero-order valence-electron chi connectivity index (χ0n) is 17.6. The highest BCUT2D eigenvalue weighted by Crippen LogP contribution is 2.28. The summed E-state index contributed by atoms with van der Waals surface area (Å²) in [6, 6.07) is 13.4. The molecule has 0 bridgehead atoms. The minimum absolute atomic E-state index is 0.197. The Balaban J connectivity index is 1.66. The molecule has 3 atom stereocenters. The maximum atomic E-state index is 13.2. The molecule has 6 nitrogen and oxygen atoms in total. The minimum Gasteiger partial charge on any atom is -0.480 e. The summed E-state index contributed by atoms with van der Waals surface area (Å²) in [6.45, 7) is 1.85. The predicted octanol–water partition coefficient (Wildman–Crippen LogP) is 3.58. The average molecular weight is 429 g/mol. The van der Waals surface area contributed by atoms with Crippen molar-refractivity contribution in [3.05, 3.63) is 65.5 Å². The number of amides is 1. The number of aliphatic hydroxyl groups excluding tert-OH is 1. The highest BCUT2D eigenvalue weighted by atomic mass is 19.1. The van der Waals surface area contributed by atoms with Crippen LogP contribution >= 0.6 is 0 Å². The fraction of sp³-hybridized carbons (Fsp3) is 0.417. The van der Waals surface area contributed by atoms with Crippen molar-refractivity contribution >= 4 is 17.6 Å². The molecule has 1 saturated carbocycles. The van der Waals surface area contributed by atoms with E-state index >= 15 is 0 Å². The molecule has 166 valence electrons. The highest BCUT2D eigenvalue weighted by molar-refractivity contribution is 5.83. The summed E-state index contributed by atoms with van der Waals surface area (Å²) in [5.74, 6) is -1.92. The Bertz CT molecular complexity index is 885. The lowest BCUT2D eigenvalue weighted by Crippen LogP contribution is -2.39. The summed E-state index contributed by atoms with van der Waals surface area (Å²) in [7, 11) is 0. The Kier molecular flexibility index (Phi) is 7.63. The van der Waals surface area contributed by atoms with Crippen LogP contribution in [0.3, 0.4) is 0 Å². The van der Waals surface area contributed by atoms with Gasteiger partial charge in [0, 0.05) is 18.2 Å². The van der Waals surface area contributed by atoms with Crippen molar-refractivity contribution < 1.29 is 24.2 Å². The molecule has 3 N–H and O–H groups in total. The van der Waals surface area contributed by atoms with Crippen LogP contribution in [-0.4, -0.2) is 45.7 Å². The van der Waals surface area contributed by atoms with Crippen molar-refractivity contribution in [1.29, 1.82) is 0 Å². The van der Waals surface area contributed by atoms with Crippen molar-refractivity contribution in [1.82, 2.24) is 4.90 Å². The van der Waals surface area contributed by atoms with Crippen LogP contribution in [0.4, 0.5) is 10.1 Å². The van der Waals surface area contributed by atoms with Crippen LogP contribution in [0.2, 0.25) is 0 Å². The summed E-state index contributed by atoms with van der Waals surface area (Å²) in [6.07, 6.45) is 1.37. The Labute approximate surface area is 181 Å². The number of aryl methyl sites for hydroxylation is 1. The quantitative estimate of drug-likeness (QED) is 0.587. The van der Waals surface area contributed by atoms with Crippen LogP contribution in [0.15, 0.2) is 48.5 Å².